The molecule has 0 saturated heterocycles. The molecule has 2 rings (SSSR count). The van der Waals surface area contributed by atoms with Crippen LogP contribution in [0.4, 0.5) is 0 Å². The molecule has 0 radical (unpaired) electrons. The normalized spacial score (nSPS) is 15.7. The lowest BCUT2D eigenvalue weighted by Gasteiger charge is -2.14. The van der Waals surface area contributed by atoms with E-state index >= 15 is 0 Å². The summed E-state index contributed by atoms with van der Waals surface area (Å²) in [6.07, 6.45) is 2.70. The van der Waals surface area contributed by atoms with Gasteiger partial charge in [-0.05, 0) is 39.1 Å². The Morgan fingerprint density at radius 2 is 2.18 bits per heavy atom. The fourth-order valence-corrected chi connectivity index (χ4v) is 1.85. The molecule has 1 aliphatic carbocycles. The van der Waals surface area contributed by atoms with Crippen LogP contribution in [0.5, 0.6) is 0 Å². The predicted octanol–water partition coefficient (Wildman–Crippen LogP) is 1.61. The van der Waals surface area contributed by atoms with Crippen molar-refractivity contribution in [3.63, 3.8) is 0 Å². The Morgan fingerprint density at radius 3 is 2.88 bits per heavy atom. The first-order valence-corrected chi connectivity index (χ1v) is 6.30. The van der Waals surface area contributed by atoms with Crippen LogP contribution in [0, 0.1) is 0 Å². The summed E-state index contributed by atoms with van der Waals surface area (Å²) in [6, 6.07) is 4.78. The highest BCUT2D eigenvalue weighted by Gasteiger charge is 2.25. The van der Waals surface area contributed by atoms with Gasteiger partial charge in [-0.1, -0.05) is 0 Å². The first kappa shape index (κ1) is 12.6. The highest BCUT2D eigenvalue weighted by atomic mass is 16.5. The Morgan fingerprint density at radius 1 is 1.41 bits per heavy atom. The summed E-state index contributed by atoms with van der Waals surface area (Å²) in [4.78, 5) is 2.37. The predicted molar refractivity (Wildman–Crippen MR) is 66.8 cm³/mol. The van der Waals surface area contributed by atoms with Crippen molar-refractivity contribution in [1.29, 1.82) is 0 Å². The maximum Gasteiger partial charge on any atom is 0.129 e. The molecule has 4 heteroatoms. The highest BCUT2D eigenvalue weighted by molar-refractivity contribution is 5.06. The van der Waals surface area contributed by atoms with Crippen molar-refractivity contribution < 1.29 is 9.15 Å². The number of rotatable bonds is 8. The summed E-state index contributed by atoms with van der Waals surface area (Å²) in [5.41, 5.74) is 0. The summed E-state index contributed by atoms with van der Waals surface area (Å²) >= 11 is 0. The van der Waals surface area contributed by atoms with E-state index in [-0.39, 0.29) is 0 Å². The van der Waals surface area contributed by atoms with Crippen LogP contribution in [-0.4, -0.2) is 38.2 Å². The zero-order chi connectivity index (χ0) is 12.1. The average molecular weight is 238 g/mol. The minimum absolute atomic E-state index is 0.572. The van der Waals surface area contributed by atoms with Gasteiger partial charge < -0.3 is 19.4 Å². The summed E-state index contributed by atoms with van der Waals surface area (Å²) in [7, 11) is 4.07. The zero-order valence-corrected chi connectivity index (χ0v) is 10.7. The van der Waals surface area contributed by atoms with Gasteiger partial charge in [-0.2, -0.15) is 0 Å². The first-order valence-electron chi connectivity index (χ1n) is 6.30. The molecule has 4 nitrogen and oxygen atoms in total. The van der Waals surface area contributed by atoms with E-state index in [1.165, 1.54) is 12.8 Å². The van der Waals surface area contributed by atoms with Crippen molar-refractivity contribution in [2.45, 2.75) is 32.0 Å². The first-order chi connectivity index (χ1) is 8.29. The van der Waals surface area contributed by atoms with E-state index in [4.69, 9.17) is 9.15 Å². The van der Waals surface area contributed by atoms with Gasteiger partial charge in [0, 0.05) is 12.6 Å². The van der Waals surface area contributed by atoms with E-state index in [0.717, 1.165) is 37.3 Å². The highest BCUT2D eigenvalue weighted by Crippen LogP contribution is 2.24. The molecule has 1 aromatic heterocycles. The van der Waals surface area contributed by atoms with Crippen molar-refractivity contribution in [1.82, 2.24) is 10.2 Å². The van der Waals surface area contributed by atoms with Crippen LogP contribution in [0.15, 0.2) is 16.5 Å². The van der Waals surface area contributed by atoms with Gasteiger partial charge in [0.15, 0.2) is 0 Å². The van der Waals surface area contributed by atoms with Crippen molar-refractivity contribution in [2.75, 3.05) is 27.2 Å². The van der Waals surface area contributed by atoms with Gasteiger partial charge >= 0.3 is 0 Å². The SMILES string of the molecule is CNCc1ccc(COCCN(C)C2CC2)o1. The second-order valence-corrected chi connectivity index (χ2v) is 4.66. The lowest BCUT2D eigenvalue weighted by Crippen LogP contribution is -2.25. The largest absolute Gasteiger partial charge is 0.462 e. The third-order valence-electron chi connectivity index (χ3n) is 3.07. The number of nitrogens with zero attached hydrogens (tertiary/aromatic N) is 1. The van der Waals surface area contributed by atoms with Crippen LogP contribution < -0.4 is 5.32 Å². The monoisotopic (exact) mass is 238 g/mol. The van der Waals surface area contributed by atoms with E-state index in [1.807, 2.05) is 19.2 Å². The Bertz CT molecular complexity index is 334. The van der Waals surface area contributed by atoms with E-state index in [2.05, 4.69) is 17.3 Å². The van der Waals surface area contributed by atoms with Gasteiger partial charge in [-0.25, -0.2) is 0 Å². The second kappa shape index (κ2) is 6.19. The second-order valence-electron chi connectivity index (χ2n) is 4.66. The van der Waals surface area contributed by atoms with Gasteiger partial charge in [0.2, 0.25) is 0 Å². The molecule has 1 heterocycles. The molecule has 0 aromatic carbocycles. The summed E-state index contributed by atoms with van der Waals surface area (Å²) < 4.78 is 11.2. The average Bonchev–Trinajstić information content (AvgIpc) is 3.08. The molecule has 0 unspecified atom stereocenters. The van der Waals surface area contributed by atoms with Crippen LogP contribution in [0.25, 0.3) is 0 Å². The van der Waals surface area contributed by atoms with Gasteiger partial charge in [0.25, 0.3) is 0 Å². The van der Waals surface area contributed by atoms with Crippen LogP contribution in [-0.2, 0) is 17.9 Å². The fraction of sp³-hybridized carbons (Fsp3) is 0.692. The molecule has 17 heavy (non-hydrogen) atoms. The van der Waals surface area contributed by atoms with Crippen molar-refractivity contribution in [3.05, 3.63) is 23.7 Å². The van der Waals surface area contributed by atoms with Gasteiger partial charge in [0.05, 0.1) is 13.2 Å². The maximum atomic E-state index is 5.60. The molecular formula is C13H22N2O2. The minimum Gasteiger partial charge on any atom is -0.462 e. The number of hydrogen-bond acceptors (Lipinski definition) is 4. The molecule has 0 bridgehead atoms. The van der Waals surface area contributed by atoms with Crippen molar-refractivity contribution in [2.24, 2.45) is 0 Å². The molecule has 1 aliphatic rings. The molecule has 0 spiro atoms. The number of hydrogen-bond donors (Lipinski definition) is 1. The zero-order valence-electron chi connectivity index (χ0n) is 10.7. The molecule has 1 aromatic rings. The Hall–Kier alpha value is -0.840. The van der Waals surface area contributed by atoms with Crippen LogP contribution in [0.2, 0.25) is 0 Å². The third-order valence-corrected chi connectivity index (χ3v) is 3.07. The molecule has 0 aliphatic heterocycles. The lowest BCUT2D eigenvalue weighted by molar-refractivity contribution is 0.0855. The summed E-state index contributed by atoms with van der Waals surface area (Å²) in [5.74, 6) is 1.87. The standard InChI is InChI=1S/C13H22N2O2/c1-14-9-12-5-6-13(17-12)10-16-8-7-15(2)11-3-4-11/h5-6,11,14H,3-4,7-10H2,1-2H3. The van der Waals surface area contributed by atoms with Crippen LogP contribution in [0.3, 0.4) is 0 Å². The van der Waals surface area contributed by atoms with E-state index in [1.54, 1.807) is 0 Å². The van der Waals surface area contributed by atoms with E-state index in [0.29, 0.717) is 6.61 Å². The number of ether oxygens (including phenoxy) is 1. The molecule has 1 fully saturated rings. The van der Waals surface area contributed by atoms with Crippen LogP contribution in [0.1, 0.15) is 24.4 Å². The molecule has 1 N–H and O–H groups in total. The number of furan rings is 1. The molecular weight excluding hydrogens is 216 g/mol. The molecule has 1 saturated carbocycles. The maximum absolute atomic E-state index is 5.60. The quantitative estimate of drug-likeness (QED) is 0.698. The summed E-state index contributed by atoms with van der Waals surface area (Å²) in [5, 5.41) is 3.06. The smallest absolute Gasteiger partial charge is 0.129 e. The molecule has 0 amide bonds. The molecule has 96 valence electrons. The van der Waals surface area contributed by atoms with E-state index < -0.39 is 0 Å². The van der Waals surface area contributed by atoms with Gasteiger partial charge in [-0.15, -0.1) is 0 Å². The van der Waals surface area contributed by atoms with E-state index in [9.17, 15) is 0 Å². The third kappa shape index (κ3) is 4.15. The topological polar surface area (TPSA) is 37.6 Å². The number of likely N-dealkylation sites (N-methyl/N-ethyl adjacent to an activating group) is 1. The van der Waals surface area contributed by atoms with Crippen LogP contribution >= 0.6 is 0 Å². The van der Waals surface area contributed by atoms with Crippen molar-refractivity contribution in [3.8, 4) is 0 Å². The summed E-state index contributed by atoms with van der Waals surface area (Å²) in [6.45, 7) is 3.12. The number of nitrogens with one attached hydrogen (secondary N) is 1. The fourth-order valence-electron chi connectivity index (χ4n) is 1.85. The Labute approximate surface area is 103 Å². The van der Waals surface area contributed by atoms with Gasteiger partial charge in [-0.3, -0.25) is 0 Å². The van der Waals surface area contributed by atoms with Crippen molar-refractivity contribution >= 4 is 0 Å². The molecule has 0 atom stereocenters. The van der Waals surface area contributed by atoms with Gasteiger partial charge in [0.1, 0.15) is 18.1 Å². The Balaban J connectivity index is 1.60. The minimum atomic E-state index is 0.572. The lowest BCUT2D eigenvalue weighted by atomic mass is 10.4. The Kier molecular flexibility index (Phi) is 4.59.